The number of carbonyl (C=O) groups excluding carboxylic acids is 1. The molecule has 0 spiro atoms. The van der Waals surface area contributed by atoms with Gasteiger partial charge in [0, 0.05) is 46.0 Å². The van der Waals surface area contributed by atoms with Crippen LogP contribution in [0, 0.1) is 0 Å². The van der Waals surface area contributed by atoms with Crippen LogP contribution in [-0.2, 0) is 15.9 Å². The largest absolute Gasteiger partial charge is 0.379 e. The Bertz CT molecular complexity index is 607. The van der Waals surface area contributed by atoms with Gasteiger partial charge in [-0.25, -0.2) is 0 Å². The molecule has 0 aromatic heterocycles. The molecular weight excluding hydrogens is 471 g/mol. The van der Waals surface area contributed by atoms with E-state index >= 15 is 0 Å². The summed E-state index contributed by atoms with van der Waals surface area (Å²) in [5.74, 6) is 0.709. The number of rotatable bonds is 10. The predicted octanol–water partition coefficient (Wildman–Crippen LogP) is 1.96. The molecule has 28 heavy (non-hydrogen) atoms. The minimum Gasteiger partial charge on any atom is -0.379 e. The van der Waals surface area contributed by atoms with E-state index in [2.05, 4.69) is 20.9 Å². The van der Waals surface area contributed by atoms with E-state index in [1.807, 2.05) is 24.3 Å². The molecule has 3 N–H and O–H groups in total. The summed E-state index contributed by atoms with van der Waals surface area (Å²) in [6.45, 7) is 3.83. The van der Waals surface area contributed by atoms with E-state index in [1.165, 1.54) is 0 Å². The second-order valence-corrected chi connectivity index (χ2v) is 6.52. The van der Waals surface area contributed by atoms with Gasteiger partial charge in [0.15, 0.2) is 5.96 Å². The molecule has 0 bridgehead atoms. The lowest BCUT2D eigenvalue weighted by Gasteiger charge is -2.13. The van der Waals surface area contributed by atoms with Gasteiger partial charge in [-0.1, -0.05) is 12.1 Å². The third-order valence-electron chi connectivity index (χ3n) is 4.43. The molecule has 0 saturated carbocycles. The molecule has 1 amide bonds. The van der Waals surface area contributed by atoms with Gasteiger partial charge in [0.05, 0.1) is 12.7 Å². The van der Waals surface area contributed by atoms with Gasteiger partial charge in [0.25, 0.3) is 5.91 Å². The van der Waals surface area contributed by atoms with Crippen LogP contribution in [0.25, 0.3) is 0 Å². The number of hydrogen-bond donors (Lipinski definition) is 3. The highest BCUT2D eigenvalue weighted by molar-refractivity contribution is 14.0. The van der Waals surface area contributed by atoms with Crippen LogP contribution in [0.5, 0.6) is 0 Å². The van der Waals surface area contributed by atoms with E-state index < -0.39 is 0 Å². The zero-order valence-electron chi connectivity index (χ0n) is 16.8. The number of nitrogens with zero attached hydrogens (tertiary/aromatic N) is 1. The fourth-order valence-corrected chi connectivity index (χ4v) is 2.93. The van der Waals surface area contributed by atoms with Crippen LogP contribution in [0.3, 0.4) is 0 Å². The normalized spacial score (nSPS) is 16.4. The van der Waals surface area contributed by atoms with Crippen molar-refractivity contribution >= 4 is 35.8 Å². The maximum atomic E-state index is 11.7. The Morgan fingerprint density at radius 3 is 2.86 bits per heavy atom. The maximum Gasteiger partial charge on any atom is 0.251 e. The Labute approximate surface area is 185 Å². The van der Waals surface area contributed by atoms with Crippen LogP contribution in [-0.4, -0.2) is 65.0 Å². The van der Waals surface area contributed by atoms with Crippen molar-refractivity contribution in [3.8, 4) is 0 Å². The number of hydrogen-bond acceptors (Lipinski definition) is 4. The number of amides is 1. The second-order valence-electron chi connectivity index (χ2n) is 6.52. The van der Waals surface area contributed by atoms with Crippen molar-refractivity contribution in [2.24, 2.45) is 4.99 Å². The average molecular weight is 504 g/mol. The molecule has 1 unspecified atom stereocenters. The van der Waals surface area contributed by atoms with E-state index in [-0.39, 0.29) is 36.0 Å². The van der Waals surface area contributed by atoms with Gasteiger partial charge in [0.2, 0.25) is 0 Å². The van der Waals surface area contributed by atoms with Gasteiger partial charge in [-0.3, -0.25) is 9.79 Å². The van der Waals surface area contributed by atoms with Crippen molar-refractivity contribution in [1.29, 1.82) is 0 Å². The van der Waals surface area contributed by atoms with Crippen LogP contribution in [0.1, 0.15) is 35.2 Å². The van der Waals surface area contributed by atoms with Crippen LogP contribution in [0.2, 0.25) is 0 Å². The third kappa shape index (κ3) is 9.20. The number of benzene rings is 1. The number of aliphatic imine (C=N–C) groups is 1. The number of carbonyl (C=O) groups is 1. The van der Waals surface area contributed by atoms with Crippen molar-refractivity contribution < 1.29 is 14.3 Å². The van der Waals surface area contributed by atoms with Crippen LogP contribution in [0.4, 0.5) is 0 Å². The molecule has 2 rings (SSSR count). The first-order valence-corrected chi connectivity index (χ1v) is 9.68. The molecule has 1 saturated heterocycles. The standard InChI is InChI=1S/C20H32N4O3.HI/c1-21-19(25)17-7-3-6-16(14-17)9-11-24-20(22-2)23-10-5-12-26-15-18-8-4-13-27-18;/h3,6-7,14,18H,4-5,8-13,15H2,1-2H3,(H,21,25)(H2,22,23,24);1H. The smallest absolute Gasteiger partial charge is 0.251 e. The van der Waals surface area contributed by atoms with Crippen LogP contribution < -0.4 is 16.0 Å². The summed E-state index contributed by atoms with van der Waals surface area (Å²) in [6, 6.07) is 7.67. The minimum absolute atomic E-state index is 0. The monoisotopic (exact) mass is 504 g/mol. The Balaban J connectivity index is 0.00000392. The van der Waals surface area contributed by atoms with E-state index in [9.17, 15) is 4.79 Å². The molecule has 1 fully saturated rings. The summed E-state index contributed by atoms with van der Waals surface area (Å²) in [7, 11) is 3.40. The third-order valence-corrected chi connectivity index (χ3v) is 4.43. The van der Waals surface area contributed by atoms with E-state index in [4.69, 9.17) is 9.47 Å². The van der Waals surface area contributed by atoms with Gasteiger partial charge in [0.1, 0.15) is 0 Å². The lowest BCUT2D eigenvalue weighted by atomic mass is 10.1. The Morgan fingerprint density at radius 2 is 2.14 bits per heavy atom. The summed E-state index contributed by atoms with van der Waals surface area (Å²) in [4.78, 5) is 15.9. The number of halogens is 1. The summed E-state index contributed by atoms with van der Waals surface area (Å²) in [6.07, 6.45) is 4.28. The van der Waals surface area contributed by atoms with Gasteiger partial charge < -0.3 is 25.4 Å². The topological polar surface area (TPSA) is 84.0 Å². The zero-order valence-corrected chi connectivity index (χ0v) is 19.2. The van der Waals surface area contributed by atoms with Gasteiger partial charge in [-0.2, -0.15) is 0 Å². The van der Waals surface area contributed by atoms with Gasteiger partial charge >= 0.3 is 0 Å². The Kier molecular flexibility index (Phi) is 12.8. The molecule has 1 aliphatic rings. The fraction of sp³-hybridized carbons (Fsp3) is 0.600. The summed E-state index contributed by atoms with van der Waals surface area (Å²) in [5.41, 5.74) is 1.79. The molecule has 7 nitrogen and oxygen atoms in total. The lowest BCUT2D eigenvalue weighted by molar-refractivity contribution is 0.0168. The van der Waals surface area contributed by atoms with Crippen molar-refractivity contribution in [2.75, 3.05) is 47.0 Å². The maximum absolute atomic E-state index is 11.7. The quantitative estimate of drug-likeness (QED) is 0.197. The highest BCUT2D eigenvalue weighted by Gasteiger charge is 2.14. The summed E-state index contributed by atoms with van der Waals surface area (Å²) in [5, 5.41) is 9.22. The van der Waals surface area contributed by atoms with Gasteiger partial charge in [-0.15, -0.1) is 24.0 Å². The number of ether oxygens (including phenoxy) is 2. The SMILES string of the molecule is CN=C(NCCCOCC1CCCO1)NCCc1cccc(C(=O)NC)c1.I. The van der Waals surface area contributed by atoms with E-state index in [1.54, 1.807) is 14.1 Å². The fourth-order valence-electron chi connectivity index (χ4n) is 2.93. The average Bonchev–Trinajstić information content (AvgIpc) is 3.22. The minimum atomic E-state index is -0.0657. The number of nitrogens with one attached hydrogen (secondary N) is 3. The van der Waals surface area contributed by atoms with Crippen molar-refractivity contribution in [2.45, 2.75) is 31.8 Å². The van der Waals surface area contributed by atoms with E-state index in [0.29, 0.717) is 12.2 Å². The molecule has 1 aliphatic heterocycles. The zero-order chi connectivity index (χ0) is 19.3. The molecule has 1 heterocycles. The molecule has 0 aliphatic carbocycles. The highest BCUT2D eigenvalue weighted by Crippen LogP contribution is 2.11. The summed E-state index contributed by atoms with van der Waals surface area (Å²) < 4.78 is 11.2. The van der Waals surface area contributed by atoms with E-state index in [0.717, 1.165) is 63.5 Å². The van der Waals surface area contributed by atoms with Crippen molar-refractivity contribution in [3.05, 3.63) is 35.4 Å². The first kappa shape index (κ1) is 24.6. The predicted molar refractivity (Wildman–Crippen MR) is 123 cm³/mol. The molecule has 158 valence electrons. The molecule has 8 heteroatoms. The first-order chi connectivity index (χ1) is 13.2. The van der Waals surface area contributed by atoms with Crippen LogP contribution >= 0.6 is 24.0 Å². The first-order valence-electron chi connectivity index (χ1n) is 9.68. The number of guanidine groups is 1. The lowest BCUT2D eigenvalue weighted by Crippen LogP contribution is -2.39. The van der Waals surface area contributed by atoms with Crippen molar-refractivity contribution in [1.82, 2.24) is 16.0 Å². The summed E-state index contributed by atoms with van der Waals surface area (Å²) >= 11 is 0. The van der Waals surface area contributed by atoms with Crippen molar-refractivity contribution in [3.63, 3.8) is 0 Å². The molecule has 1 aromatic carbocycles. The molecule has 1 atom stereocenters. The Morgan fingerprint density at radius 1 is 1.32 bits per heavy atom. The molecular formula is C20H33IN4O3. The Hall–Kier alpha value is -1.39. The van der Waals surface area contributed by atoms with Crippen LogP contribution in [0.15, 0.2) is 29.3 Å². The molecule has 0 radical (unpaired) electrons. The molecule has 1 aromatic rings. The second kappa shape index (κ2) is 14.6. The highest BCUT2D eigenvalue weighted by atomic mass is 127. The van der Waals surface area contributed by atoms with Gasteiger partial charge in [-0.05, 0) is 43.4 Å².